The second-order valence-corrected chi connectivity index (χ2v) is 5.84. The molecule has 1 N–H and O–H groups in total. The Kier molecular flexibility index (Phi) is 7.12. The van der Waals surface area contributed by atoms with Crippen molar-refractivity contribution in [1.29, 1.82) is 0 Å². The monoisotopic (exact) mass is 397 g/mol. The third-order valence-electron chi connectivity index (χ3n) is 3.31. The molecule has 0 saturated heterocycles. The maximum absolute atomic E-state index is 11.4. The standard InChI is InChI=1S/C18H17Cl2NO5/c1-3-25-17-14(19)8-12(9-15(17)20)26-10-11-6-4-5-7-13(11)16(18(22)23)21-24-2/h4-9H,3,10H2,1-2H3,(H,22,23)/b21-16+. The van der Waals surface area contributed by atoms with Crippen molar-refractivity contribution in [1.82, 2.24) is 0 Å². The fraction of sp³-hybridized carbons (Fsp3) is 0.222. The summed E-state index contributed by atoms with van der Waals surface area (Å²) in [6.07, 6.45) is 0. The van der Waals surface area contributed by atoms with E-state index < -0.39 is 5.97 Å². The summed E-state index contributed by atoms with van der Waals surface area (Å²) in [7, 11) is 1.28. The van der Waals surface area contributed by atoms with Gasteiger partial charge in [0.1, 0.15) is 19.5 Å². The second kappa shape index (κ2) is 9.31. The van der Waals surface area contributed by atoms with Crippen molar-refractivity contribution in [2.75, 3.05) is 13.7 Å². The fourth-order valence-electron chi connectivity index (χ4n) is 2.24. The van der Waals surface area contributed by atoms with E-state index in [1.54, 1.807) is 36.4 Å². The van der Waals surface area contributed by atoms with Crippen molar-refractivity contribution in [3.8, 4) is 11.5 Å². The SMILES string of the molecule is CCOc1c(Cl)cc(OCc2ccccc2/C(=N\OC)C(=O)O)cc1Cl. The van der Waals surface area contributed by atoms with Gasteiger partial charge in [0.05, 0.1) is 16.7 Å². The molecule has 6 nitrogen and oxygen atoms in total. The Morgan fingerprint density at radius 1 is 1.15 bits per heavy atom. The lowest BCUT2D eigenvalue weighted by molar-refractivity contribution is -0.129. The highest BCUT2D eigenvalue weighted by Gasteiger charge is 2.18. The van der Waals surface area contributed by atoms with Gasteiger partial charge in [-0.25, -0.2) is 4.79 Å². The normalized spacial score (nSPS) is 11.2. The Labute approximate surface area is 160 Å². The number of aliphatic carboxylic acids is 1. The van der Waals surface area contributed by atoms with E-state index >= 15 is 0 Å². The Bertz CT molecular complexity index is 800. The zero-order valence-corrected chi connectivity index (χ0v) is 15.7. The first kappa shape index (κ1) is 19.9. The van der Waals surface area contributed by atoms with Crippen molar-refractivity contribution in [3.63, 3.8) is 0 Å². The van der Waals surface area contributed by atoms with Crippen LogP contribution in [0.25, 0.3) is 0 Å². The van der Waals surface area contributed by atoms with Crippen LogP contribution in [0.3, 0.4) is 0 Å². The molecule has 0 aliphatic carbocycles. The molecule has 0 unspecified atom stereocenters. The molecule has 0 aliphatic heterocycles. The predicted molar refractivity (Wildman–Crippen MR) is 99.6 cm³/mol. The minimum absolute atomic E-state index is 0.0901. The summed E-state index contributed by atoms with van der Waals surface area (Å²) in [5.41, 5.74) is 0.797. The molecule has 0 heterocycles. The largest absolute Gasteiger partial charge is 0.491 e. The van der Waals surface area contributed by atoms with E-state index in [1.807, 2.05) is 6.92 Å². The molecular formula is C18H17Cl2NO5. The van der Waals surface area contributed by atoms with Gasteiger partial charge in [-0.2, -0.15) is 0 Å². The molecule has 0 bridgehead atoms. The van der Waals surface area contributed by atoms with E-state index in [4.69, 9.17) is 32.7 Å². The van der Waals surface area contributed by atoms with Gasteiger partial charge >= 0.3 is 5.97 Å². The van der Waals surface area contributed by atoms with Crippen LogP contribution in [0.2, 0.25) is 10.0 Å². The molecule has 2 rings (SSSR count). The Morgan fingerprint density at radius 3 is 2.38 bits per heavy atom. The number of hydrogen-bond donors (Lipinski definition) is 1. The number of carboxylic acids is 1. The number of nitrogens with zero attached hydrogens (tertiary/aromatic N) is 1. The minimum atomic E-state index is -1.20. The van der Waals surface area contributed by atoms with Crippen LogP contribution in [0, 0.1) is 0 Å². The third kappa shape index (κ3) is 4.80. The van der Waals surface area contributed by atoms with E-state index in [9.17, 15) is 9.90 Å². The van der Waals surface area contributed by atoms with Gasteiger partial charge in [0, 0.05) is 17.7 Å². The van der Waals surface area contributed by atoms with E-state index in [1.165, 1.54) is 7.11 Å². The first-order chi connectivity index (χ1) is 12.5. The van der Waals surface area contributed by atoms with Crippen LogP contribution in [0.15, 0.2) is 41.6 Å². The molecule has 0 atom stereocenters. The molecule has 8 heteroatoms. The number of ether oxygens (including phenoxy) is 2. The van der Waals surface area contributed by atoms with Gasteiger partial charge in [0.25, 0.3) is 0 Å². The van der Waals surface area contributed by atoms with Gasteiger partial charge in [0.15, 0.2) is 11.5 Å². The van der Waals surface area contributed by atoms with Crippen molar-refractivity contribution >= 4 is 34.9 Å². The highest BCUT2D eigenvalue weighted by atomic mass is 35.5. The minimum Gasteiger partial charge on any atom is -0.491 e. The Hall–Kier alpha value is -2.44. The molecule has 0 saturated carbocycles. The molecule has 0 aliphatic rings. The second-order valence-electron chi connectivity index (χ2n) is 5.02. The summed E-state index contributed by atoms with van der Waals surface area (Å²) in [4.78, 5) is 16.0. The van der Waals surface area contributed by atoms with E-state index in [0.29, 0.717) is 39.3 Å². The summed E-state index contributed by atoms with van der Waals surface area (Å²) in [5.74, 6) is -0.380. The molecule has 0 aromatic heterocycles. The Balaban J connectivity index is 2.26. The fourth-order valence-corrected chi connectivity index (χ4v) is 2.81. The van der Waals surface area contributed by atoms with Crippen molar-refractivity contribution in [2.45, 2.75) is 13.5 Å². The number of halogens is 2. The van der Waals surface area contributed by atoms with Gasteiger partial charge in [-0.15, -0.1) is 0 Å². The molecular weight excluding hydrogens is 381 g/mol. The highest BCUT2D eigenvalue weighted by Crippen LogP contribution is 2.37. The van der Waals surface area contributed by atoms with Crippen molar-refractivity contribution < 1.29 is 24.2 Å². The molecule has 0 fully saturated rings. The van der Waals surface area contributed by atoms with E-state index in [-0.39, 0.29) is 12.3 Å². The topological polar surface area (TPSA) is 77.3 Å². The predicted octanol–water partition coefficient (Wildman–Crippen LogP) is 4.41. The molecule has 2 aromatic rings. The molecule has 0 amide bonds. The van der Waals surface area contributed by atoms with Crippen molar-refractivity contribution in [3.05, 3.63) is 57.6 Å². The van der Waals surface area contributed by atoms with Gasteiger partial charge in [-0.3, -0.25) is 0 Å². The summed E-state index contributed by atoms with van der Waals surface area (Å²) in [6, 6.07) is 10.0. The summed E-state index contributed by atoms with van der Waals surface area (Å²) >= 11 is 12.3. The average Bonchev–Trinajstić information content (AvgIpc) is 2.61. The van der Waals surface area contributed by atoms with Crippen LogP contribution in [0.1, 0.15) is 18.1 Å². The van der Waals surface area contributed by atoms with Gasteiger partial charge in [-0.05, 0) is 12.5 Å². The zero-order valence-electron chi connectivity index (χ0n) is 14.2. The van der Waals surface area contributed by atoms with E-state index in [2.05, 4.69) is 9.99 Å². The smallest absolute Gasteiger partial charge is 0.358 e. The highest BCUT2D eigenvalue weighted by molar-refractivity contribution is 6.42. The number of rotatable bonds is 8. The summed E-state index contributed by atoms with van der Waals surface area (Å²) < 4.78 is 11.1. The number of oxime groups is 1. The molecule has 2 aromatic carbocycles. The van der Waals surface area contributed by atoms with Crippen LogP contribution in [-0.4, -0.2) is 30.5 Å². The number of carbonyl (C=O) groups is 1. The summed E-state index contributed by atoms with van der Waals surface area (Å²) in [6.45, 7) is 2.35. The maximum atomic E-state index is 11.4. The zero-order chi connectivity index (χ0) is 19.1. The maximum Gasteiger partial charge on any atom is 0.358 e. The van der Waals surface area contributed by atoms with Crippen molar-refractivity contribution in [2.24, 2.45) is 5.16 Å². The van der Waals surface area contributed by atoms with Gasteiger partial charge in [0.2, 0.25) is 0 Å². The first-order valence-corrected chi connectivity index (χ1v) is 8.40. The lowest BCUT2D eigenvalue weighted by Gasteiger charge is -2.13. The van der Waals surface area contributed by atoms with Crippen LogP contribution in [-0.2, 0) is 16.2 Å². The number of hydrogen-bond acceptors (Lipinski definition) is 5. The Morgan fingerprint density at radius 2 is 1.81 bits per heavy atom. The van der Waals surface area contributed by atoms with Crippen LogP contribution in [0.4, 0.5) is 0 Å². The molecule has 0 radical (unpaired) electrons. The van der Waals surface area contributed by atoms with Crippen LogP contribution >= 0.6 is 23.2 Å². The summed E-state index contributed by atoms with van der Waals surface area (Å²) in [5, 5.41) is 13.6. The van der Waals surface area contributed by atoms with Gasteiger partial charge in [-0.1, -0.05) is 52.6 Å². The van der Waals surface area contributed by atoms with E-state index in [0.717, 1.165) is 0 Å². The average molecular weight is 398 g/mol. The number of carboxylic acid groups (broad SMARTS) is 1. The van der Waals surface area contributed by atoms with Gasteiger partial charge < -0.3 is 19.4 Å². The third-order valence-corrected chi connectivity index (χ3v) is 3.87. The molecule has 138 valence electrons. The lowest BCUT2D eigenvalue weighted by Crippen LogP contribution is -2.17. The molecule has 0 spiro atoms. The quantitative estimate of drug-likeness (QED) is 0.527. The molecule has 26 heavy (non-hydrogen) atoms. The van der Waals surface area contributed by atoms with Crippen LogP contribution in [0.5, 0.6) is 11.5 Å². The first-order valence-electron chi connectivity index (χ1n) is 7.65. The number of benzene rings is 2. The lowest BCUT2D eigenvalue weighted by atomic mass is 10.0. The van der Waals surface area contributed by atoms with Crippen LogP contribution < -0.4 is 9.47 Å².